The minimum Gasteiger partial charge on any atom is -0.377 e. The van der Waals surface area contributed by atoms with Crippen LogP contribution in [0.5, 0.6) is 0 Å². The Labute approximate surface area is 119 Å². The molecule has 2 rings (SSSR count). The number of rotatable bonds is 7. The largest absolute Gasteiger partial charge is 0.377 e. The van der Waals surface area contributed by atoms with Gasteiger partial charge in [-0.15, -0.1) is 0 Å². The van der Waals surface area contributed by atoms with Gasteiger partial charge in [0.15, 0.2) is 0 Å². The summed E-state index contributed by atoms with van der Waals surface area (Å²) < 4.78 is 6.02. The van der Waals surface area contributed by atoms with E-state index in [1.807, 2.05) is 0 Å². The first-order valence-corrected chi connectivity index (χ1v) is 8.35. The van der Waals surface area contributed by atoms with Crippen LogP contribution in [0, 0.1) is 17.3 Å². The quantitative estimate of drug-likeness (QED) is 0.753. The van der Waals surface area contributed by atoms with Crippen molar-refractivity contribution in [1.82, 2.24) is 5.32 Å². The normalized spacial score (nSPS) is 30.8. The van der Waals surface area contributed by atoms with Gasteiger partial charge in [0.2, 0.25) is 0 Å². The fraction of sp³-hybridized carbons (Fsp3) is 1.00. The summed E-state index contributed by atoms with van der Waals surface area (Å²) in [7, 11) is 0. The molecule has 0 spiro atoms. The van der Waals surface area contributed by atoms with Crippen LogP contribution in [0.25, 0.3) is 0 Å². The maximum absolute atomic E-state index is 6.02. The zero-order valence-electron chi connectivity index (χ0n) is 13.4. The molecule has 2 aliphatic rings. The second kappa shape index (κ2) is 6.58. The molecule has 0 aromatic heterocycles. The predicted octanol–water partition coefficient (Wildman–Crippen LogP) is 4.00. The maximum Gasteiger partial charge on any atom is 0.0656 e. The van der Waals surface area contributed by atoms with Crippen molar-refractivity contribution in [1.29, 1.82) is 0 Å². The molecule has 2 fully saturated rings. The van der Waals surface area contributed by atoms with Crippen LogP contribution in [-0.4, -0.2) is 25.3 Å². The van der Waals surface area contributed by atoms with Crippen LogP contribution < -0.4 is 5.32 Å². The first-order chi connectivity index (χ1) is 9.00. The number of hydrogen-bond donors (Lipinski definition) is 1. The lowest BCUT2D eigenvalue weighted by Gasteiger charge is -2.52. The van der Waals surface area contributed by atoms with E-state index in [9.17, 15) is 0 Å². The van der Waals surface area contributed by atoms with E-state index >= 15 is 0 Å². The minimum absolute atomic E-state index is 0.310. The molecular formula is C17H33NO. The van der Waals surface area contributed by atoms with Crippen molar-refractivity contribution in [3.8, 4) is 0 Å². The molecule has 2 heteroatoms. The highest BCUT2D eigenvalue weighted by atomic mass is 16.5. The molecule has 2 saturated carbocycles. The highest BCUT2D eigenvalue weighted by Crippen LogP contribution is 2.43. The first-order valence-electron chi connectivity index (χ1n) is 8.35. The highest BCUT2D eigenvalue weighted by Gasteiger charge is 2.48. The summed E-state index contributed by atoms with van der Waals surface area (Å²) in [6, 6.07) is 0.658. The van der Waals surface area contributed by atoms with Crippen molar-refractivity contribution in [2.75, 3.05) is 13.2 Å². The molecule has 0 amide bonds. The Kier molecular flexibility index (Phi) is 5.30. The summed E-state index contributed by atoms with van der Waals surface area (Å²) in [5, 5.41) is 3.77. The molecule has 0 saturated heterocycles. The van der Waals surface area contributed by atoms with Gasteiger partial charge < -0.3 is 10.1 Å². The minimum atomic E-state index is 0.310. The molecule has 0 aliphatic heterocycles. The van der Waals surface area contributed by atoms with Gasteiger partial charge in [-0.1, -0.05) is 53.4 Å². The van der Waals surface area contributed by atoms with E-state index in [-0.39, 0.29) is 0 Å². The summed E-state index contributed by atoms with van der Waals surface area (Å²) in [6.45, 7) is 11.3. The van der Waals surface area contributed by atoms with Gasteiger partial charge in [-0.25, -0.2) is 0 Å². The van der Waals surface area contributed by atoms with Gasteiger partial charge in [0.05, 0.1) is 6.10 Å². The summed E-state index contributed by atoms with van der Waals surface area (Å²) in [5.41, 5.74) is 0.310. The fourth-order valence-corrected chi connectivity index (χ4v) is 3.58. The van der Waals surface area contributed by atoms with E-state index in [4.69, 9.17) is 4.74 Å². The SMILES string of the molecule is CC(C)COC1CC(NCCC2CCCC2)C1(C)C. The molecule has 2 atom stereocenters. The lowest BCUT2D eigenvalue weighted by atomic mass is 9.64. The summed E-state index contributed by atoms with van der Waals surface area (Å²) in [5.74, 6) is 1.65. The third-order valence-electron chi connectivity index (χ3n) is 5.23. The van der Waals surface area contributed by atoms with Crippen molar-refractivity contribution >= 4 is 0 Å². The summed E-state index contributed by atoms with van der Waals surface area (Å²) in [4.78, 5) is 0. The van der Waals surface area contributed by atoms with Gasteiger partial charge in [-0.3, -0.25) is 0 Å². The van der Waals surface area contributed by atoms with Crippen LogP contribution in [-0.2, 0) is 4.74 Å². The van der Waals surface area contributed by atoms with Crippen LogP contribution in [0.15, 0.2) is 0 Å². The molecule has 0 radical (unpaired) electrons. The Balaban J connectivity index is 1.63. The van der Waals surface area contributed by atoms with E-state index in [2.05, 4.69) is 33.0 Å². The Morgan fingerprint density at radius 3 is 2.47 bits per heavy atom. The van der Waals surface area contributed by atoms with Gasteiger partial charge in [0.1, 0.15) is 0 Å². The second-order valence-electron chi connectivity index (χ2n) is 7.72. The van der Waals surface area contributed by atoms with Crippen LogP contribution in [0.1, 0.15) is 66.2 Å². The van der Waals surface area contributed by atoms with Gasteiger partial charge in [0.25, 0.3) is 0 Å². The van der Waals surface area contributed by atoms with Crippen molar-refractivity contribution in [2.24, 2.45) is 17.3 Å². The highest BCUT2D eigenvalue weighted by molar-refractivity contribution is 5.02. The standard InChI is InChI=1S/C17H33NO/c1-13(2)12-19-16-11-15(17(16,3)4)18-10-9-14-7-5-6-8-14/h13-16,18H,5-12H2,1-4H3. The molecule has 112 valence electrons. The van der Waals surface area contributed by atoms with Crippen molar-refractivity contribution < 1.29 is 4.74 Å². The van der Waals surface area contributed by atoms with Gasteiger partial charge in [-0.2, -0.15) is 0 Å². The Hall–Kier alpha value is -0.0800. The molecule has 0 bridgehead atoms. The fourth-order valence-electron chi connectivity index (χ4n) is 3.58. The van der Waals surface area contributed by atoms with Gasteiger partial charge in [-0.05, 0) is 31.2 Å². The smallest absolute Gasteiger partial charge is 0.0656 e. The number of ether oxygens (including phenoxy) is 1. The first kappa shape index (κ1) is 15.3. The molecule has 0 aromatic carbocycles. The van der Waals surface area contributed by atoms with E-state index < -0.39 is 0 Å². The van der Waals surface area contributed by atoms with Crippen molar-refractivity contribution in [3.63, 3.8) is 0 Å². The lowest BCUT2D eigenvalue weighted by Crippen LogP contribution is -2.61. The Morgan fingerprint density at radius 2 is 1.89 bits per heavy atom. The molecule has 2 unspecified atom stereocenters. The third kappa shape index (κ3) is 3.95. The average Bonchev–Trinajstić information content (AvgIpc) is 2.84. The predicted molar refractivity (Wildman–Crippen MR) is 81.3 cm³/mol. The molecule has 2 nitrogen and oxygen atoms in total. The van der Waals surface area contributed by atoms with Gasteiger partial charge in [0, 0.05) is 18.1 Å². The Bertz CT molecular complexity index is 268. The number of hydrogen-bond acceptors (Lipinski definition) is 2. The second-order valence-corrected chi connectivity index (χ2v) is 7.72. The molecule has 0 aromatic rings. The van der Waals surface area contributed by atoms with Crippen molar-refractivity contribution in [2.45, 2.75) is 78.4 Å². The molecule has 19 heavy (non-hydrogen) atoms. The van der Waals surface area contributed by atoms with Crippen LogP contribution in [0.2, 0.25) is 0 Å². The zero-order valence-corrected chi connectivity index (χ0v) is 13.4. The zero-order chi connectivity index (χ0) is 13.9. The summed E-state index contributed by atoms with van der Waals surface area (Å²) in [6.07, 6.45) is 8.90. The number of nitrogens with one attached hydrogen (secondary N) is 1. The van der Waals surface area contributed by atoms with Crippen molar-refractivity contribution in [3.05, 3.63) is 0 Å². The van der Waals surface area contributed by atoms with Crippen LogP contribution >= 0.6 is 0 Å². The van der Waals surface area contributed by atoms with E-state index in [1.54, 1.807) is 0 Å². The molecular weight excluding hydrogens is 234 g/mol. The molecule has 0 heterocycles. The van der Waals surface area contributed by atoms with E-state index in [0.29, 0.717) is 23.5 Å². The molecule has 1 N–H and O–H groups in total. The topological polar surface area (TPSA) is 21.3 Å². The average molecular weight is 267 g/mol. The van der Waals surface area contributed by atoms with E-state index in [0.717, 1.165) is 12.5 Å². The third-order valence-corrected chi connectivity index (χ3v) is 5.23. The lowest BCUT2D eigenvalue weighted by molar-refractivity contribution is -0.123. The maximum atomic E-state index is 6.02. The van der Waals surface area contributed by atoms with Crippen LogP contribution in [0.3, 0.4) is 0 Å². The van der Waals surface area contributed by atoms with Gasteiger partial charge >= 0.3 is 0 Å². The molecule has 2 aliphatic carbocycles. The Morgan fingerprint density at radius 1 is 1.21 bits per heavy atom. The van der Waals surface area contributed by atoms with Crippen LogP contribution in [0.4, 0.5) is 0 Å². The summed E-state index contributed by atoms with van der Waals surface area (Å²) >= 11 is 0. The monoisotopic (exact) mass is 267 g/mol. The van der Waals surface area contributed by atoms with E-state index in [1.165, 1.54) is 45.1 Å².